The van der Waals surface area contributed by atoms with E-state index in [1.54, 1.807) is 17.9 Å². The van der Waals surface area contributed by atoms with E-state index in [4.69, 9.17) is 4.98 Å². The largest absolute Gasteiger partial charge is 0.340 e. The van der Waals surface area contributed by atoms with Crippen molar-refractivity contribution >= 4 is 28.2 Å². The average molecular weight is 354 g/mol. The van der Waals surface area contributed by atoms with E-state index in [0.717, 1.165) is 54.3 Å². The quantitative estimate of drug-likeness (QED) is 0.764. The van der Waals surface area contributed by atoms with Gasteiger partial charge in [-0.25, -0.2) is 19.9 Å². The Hall–Kier alpha value is -2.68. The van der Waals surface area contributed by atoms with Crippen LogP contribution in [-0.4, -0.2) is 43.2 Å². The Labute approximate surface area is 149 Å². The van der Waals surface area contributed by atoms with Crippen molar-refractivity contribution in [2.75, 3.05) is 23.3 Å². The van der Waals surface area contributed by atoms with E-state index in [1.165, 1.54) is 11.3 Å². The molecule has 1 fully saturated rings. The van der Waals surface area contributed by atoms with Gasteiger partial charge in [0.2, 0.25) is 11.1 Å². The van der Waals surface area contributed by atoms with Crippen molar-refractivity contribution in [3.8, 4) is 0 Å². The summed E-state index contributed by atoms with van der Waals surface area (Å²) in [5.74, 6) is 2.64. The SMILES string of the molecule is Cc1cc(Nc2nncs2)nc([C@H]2CCCN(c3ncccn3)C2)n1. The standard InChI is InChI=1S/C16H18N8S/c1-11-8-13(22-16-23-19-10-25-16)21-14(20-11)12-4-2-7-24(9-12)15-17-5-3-6-18-15/h3,5-6,8,10,12H,2,4,7,9H2,1H3,(H,20,21,22,23)/t12-/m0/s1. The molecule has 0 aromatic carbocycles. The van der Waals surface area contributed by atoms with E-state index < -0.39 is 0 Å². The Morgan fingerprint density at radius 3 is 2.92 bits per heavy atom. The van der Waals surface area contributed by atoms with Gasteiger partial charge < -0.3 is 10.2 Å². The molecule has 3 aromatic rings. The number of piperidine rings is 1. The molecular weight excluding hydrogens is 336 g/mol. The molecule has 4 rings (SSSR count). The smallest absolute Gasteiger partial charge is 0.225 e. The zero-order valence-electron chi connectivity index (χ0n) is 13.8. The van der Waals surface area contributed by atoms with E-state index >= 15 is 0 Å². The number of anilines is 3. The third kappa shape index (κ3) is 3.71. The van der Waals surface area contributed by atoms with Crippen molar-refractivity contribution in [3.05, 3.63) is 41.6 Å². The van der Waals surface area contributed by atoms with Crippen LogP contribution in [0.1, 0.15) is 30.3 Å². The van der Waals surface area contributed by atoms with Crippen LogP contribution in [0.25, 0.3) is 0 Å². The van der Waals surface area contributed by atoms with Gasteiger partial charge >= 0.3 is 0 Å². The summed E-state index contributed by atoms with van der Waals surface area (Å²) in [6.45, 7) is 3.77. The van der Waals surface area contributed by atoms with Crippen LogP contribution in [0, 0.1) is 6.92 Å². The predicted molar refractivity (Wildman–Crippen MR) is 96.2 cm³/mol. The fourth-order valence-electron chi connectivity index (χ4n) is 3.00. The lowest BCUT2D eigenvalue weighted by Gasteiger charge is -2.32. The monoisotopic (exact) mass is 354 g/mol. The van der Waals surface area contributed by atoms with Gasteiger partial charge in [-0.2, -0.15) is 0 Å². The first kappa shape index (κ1) is 15.8. The van der Waals surface area contributed by atoms with E-state index in [0.29, 0.717) is 0 Å². The van der Waals surface area contributed by atoms with Crippen molar-refractivity contribution in [2.45, 2.75) is 25.7 Å². The Kier molecular flexibility index (Phi) is 4.47. The van der Waals surface area contributed by atoms with Gasteiger partial charge in [0.1, 0.15) is 17.2 Å². The summed E-state index contributed by atoms with van der Waals surface area (Å²) in [6, 6.07) is 3.76. The molecule has 1 aliphatic rings. The van der Waals surface area contributed by atoms with Gasteiger partial charge in [0.25, 0.3) is 0 Å². The highest BCUT2D eigenvalue weighted by Crippen LogP contribution is 2.28. The van der Waals surface area contributed by atoms with Crippen molar-refractivity contribution < 1.29 is 0 Å². The molecule has 25 heavy (non-hydrogen) atoms. The minimum atomic E-state index is 0.257. The summed E-state index contributed by atoms with van der Waals surface area (Å²) in [5, 5.41) is 11.8. The summed E-state index contributed by atoms with van der Waals surface area (Å²) in [6.07, 6.45) is 5.68. The first-order chi connectivity index (χ1) is 12.3. The maximum Gasteiger partial charge on any atom is 0.225 e. The molecule has 1 aliphatic heterocycles. The highest BCUT2D eigenvalue weighted by atomic mass is 32.1. The number of hydrogen-bond donors (Lipinski definition) is 1. The van der Waals surface area contributed by atoms with Crippen LogP contribution in [0.5, 0.6) is 0 Å². The zero-order valence-corrected chi connectivity index (χ0v) is 14.6. The summed E-state index contributed by atoms with van der Waals surface area (Å²) >= 11 is 1.44. The highest BCUT2D eigenvalue weighted by Gasteiger charge is 2.25. The van der Waals surface area contributed by atoms with E-state index in [2.05, 4.69) is 35.4 Å². The Balaban J connectivity index is 1.55. The lowest BCUT2D eigenvalue weighted by atomic mass is 9.97. The number of hydrogen-bond acceptors (Lipinski definition) is 9. The fraction of sp³-hybridized carbons (Fsp3) is 0.375. The van der Waals surface area contributed by atoms with Gasteiger partial charge in [-0.3, -0.25) is 0 Å². The molecule has 0 bridgehead atoms. The third-order valence-corrected chi connectivity index (χ3v) is 4.69. The molecule has 128 valence electrons. The molecule has 9 heteroatoms. The second-order valence-electron chi connectivity index (χ2n) is 5.96. The first-order valence-corrected chi connectivity index (χ1v) is 9.06. The topological polar surface area (TPSA) is 92.6 Å². The van der Waals surface area contributed by atoms with Crippen LogP contribution >= 0.6 is 11.3 Å². The summed E-state index contributed by atoms with van der Waals surface area (Å²) < 4.78 is 0. The van der Waals surface area contributed by atoms with Crippen LogP contribution in [-0.2, 0) is 0 Å². The maximum absolute atomic E-state index is 4.71. The van der Waals surface area contributed by atoms with Gasteiger partial charge in [-0.05, 0) is 25.8 Å². The molecular formula is C16H18N8S. The van der Waals surface area contributed by atoms with Gasteiger partial charge in [0, 0.05) is 43.2 Å². The Bertz CT molecular complexity index is 823. The van der Waals surface area contributed by atoms with Crippen LogP contribution in [0.15, 0.2) is 30.0 Å². The number of aryl methyl sites for hydroxylation is 1. The second-order valence-corrected chi connectivity index (χ2v) is 6.79. The molecule has 4 heterocycles. The molecule has 1 N–H and O–H groups in total. The van der Waals surface area contributed by atoms with E-state index in [-0.39, 0.29) is 5.92 Å². The van der Waals surface area contributed by atoms with Gasteiger partial charge in [0.15, 0.2) is 0 Å². The molecule has 0 spiro atoms. The van der Waals surface area contributed by atoms with Crippen LogP contribution in [0.3, 0.4) is 0 Å². The second kappa shape index (κ2) is 7.06. The molecule has 8 nitrogen and oxygen atoms in total. The van der Waals surface area contributed by atoms with Crippen LogP contribution < -0.4 is 10.2 Å². The third-order valence-electron chi connectivity index (χ3n) is 4.09. The average Bonchev–Trinajstić information content (AvgIpc) is 3.15. The van der Waals surface area contributed by atoms with Crippen molar-refractivity contribution in [2.24, 2.45) is 0 Å². The summed E-state index contributed by atoms with van der Waals surface area (Å²) in [4.78, 5) is 20.3. The minimum absolute atomic E-state index is 0.257. The van der Waals surface area contributed by atoms with Gasteiger partial charge in [0.05, 0.1) is 0 Å². The molecule has 0 radical (unpaired) electrons. The van der Waals surface area contributed by atoms with E-state index in [1.807, 2.05) is 19.1 Å². The molecule has 0 unspecified atom stereocenters. The molecule has 1 atom stereocenters. The predicted octanol–water partition coefficient (Wildman–Crippen LogP) is 2.55. The van der Waals surface area contributed by atoms with Gasteiger partial charge in [-0.15, -0.1) is 10.2 Å². The zero-order chi connectivity index (χ0) is 17.1. The molecule has 0 amide bonds. The van der Waals surface area contributed by atoms with Crippen molar-refractivity contribution in [1.82, 2.24) is 30.1 Å². The highest BCUT2D eigenvalue weighted by molar-refractivity contribution is 7.13. The minimum Gasteiger partial charge on any atom is -0.340 e. The maximum atomic E-state index is 4.71. The van der Waals surface area contributed by atoms with Gasteiger partial charge in [-0.1, -0.05) is 11.3 Å². The lowest BCUT2D eigenvalue weighted by molar-refractivity contribution is 0.485. The normalized spacial score (nSPS) is 17.5. The number of nitrogens with zero attached hydrogens (tertiary/aromatic N) is 7. The first-order valence-electron chi connectivity index (χ1n) is 8.18. The van der Waals surface area contributed by atoms with Crippen LogP contribution in [0.4, 0.5) is 16.9 Å². The summed E-state index contributed by atoms with van der Waals surface area (Å²) in [7, 11) is 0. The molecule has 0 saturated carbocycles. The number of rotatable bonds is 4. The Morgan fingerprint density at radius 1 is 1.24 bits per heavy atom. The van der Waals surface area contributed by atoms with Crippen LogP contribution in [0.2, 0.25) is 0 Å². The fourth-order valence-corrected chi connectivity index (χ4v) is 3.45. The molecule has 3 aromatic heterocycles. The van der Waals surface area contributed by atoms with Crippen molar-refractivity contribution in [3.63, 3.8) is 0 Å². The van der Waals surface area contributed by atoms with Crippen molar-refractivity contribution in [1.29, 1.82) is 0 Å². The number of aromatic nitrogens is 6. The van der Waals surface area contributed by atoms with E-state index in [9.17, 15) is 0 Å². The number of nitrogens with one attached hydrogen (secondary N) is 1. The lowest BCUT2D eigenvalue weighted by Crippen LogP contribution is -2.36. The summed E-state index contributed by atoms with van der Waals surface area (Å²) in [5.41, 5.74) is 2.63. The Morgan fingerprint density at radius 2 is 2.12 bits per heavy atom. The molecule has 0 aliphatic carbocycles. The molecule has 1 saturated heterocycles.